The molecular formula is C19H24N2O4S. The van der Waals surface area contributed by atoms with Gasteiger partial charge in [-0.05, 0) is 49.5 Å². The Kier molecular flexibility index (Phi) is 3.81. The third kappa shape index (κ3) is 2.41. The standard InChI is InChI=1S/C19H24N2O4S/c1-2-9-26(22,23)21-11-15(14-3-4-16-17(10-14)25-12-24-16)19-18(21)13-5-7-20(19)8-6-13/h2-4,10,13,15,18-19H,1,5-9,11-12H2/t15-,18+,19+/m1/s1. The van der Waals surface area contributed by atoms with Crippen molar-refractivity contribution in [3.63, 3.8) is 0 Å². The molecule has 4 fully saturated rings. The molecule has 0 N–H and O–H groups in total. The average molecular weight is 376 g/mol. The molecule has 0 saturated carbocycles. The van der Waals surface area contributed by atoms with Gasteiger partial charge in [-0.1, -0.05) is 12.1 Å². The Morgan fingerprint density at radius 2 is 1.92 bits per heavy atom. The largest absolute Gasteiger partial charge is 0.454 e. The van der Waals surface area contributed by atoms with Crippen molar-refractivity contribution >= 4 is 10.0 Å². The van der Waals surface area contributed by atoms with Crippen LogP contribution in [0.2, 0.25) is 0 Å². The summed E-state index contributed by atoms with van der Waals surface area (Å²) in [6, 6.07) is 6.39. The lowest BCUT2D eigenvalue weighted by molar-refractivity contribution is 0.0123. The van der Waals surface area contributed by atoms with Crippen molar-refractivity contribution in [2.45, 2.75) is 30.8 Å². The highest BCUT2D eigenvalue weighted by molar-refractivity contribution is 7.89. The van der Waals surface area contributed by atoms with Gasteiger partial charge in [0.05, 0.1) is 5.75 Å². The van der Waals surface area contributed by atoms with Crippen molar-refractivity contribution in [3.8, 4) is 11.5 Å². The van der Waals surface area contributed by atoms with E-state index in [-0.39, 0.29) is 30.5 Å². The molecule has 3 atom stereocenters. The second-order valence-corrected chi connectivity index (χ2v) is 9.68. The summed E-state index contributed by atoms with van der Waals surface area (Å²) in [5.41, 5.74) is 1.15. The van der Waals surface area contributed by atoms with Crippen molar-refractivity contribution < 1.29 is 17.9 Å². The average Bonchev–Trinajstić information content (AvgIpc) is 3.28. The number of fused-ring (bicyclic) bond motifs is 3. The van der Waals surface area contributed by atoms with Gasteiger partial charge in [-0.15, -0.1) is 6.58 Å². The van der Waals surface area contributed by atoms with E-state index >= 15 is 0 Å². The smallest absolute Gasteiger partial charge is 0.231 e. The summed E-state index contributed by atoms with van der Waals surface area (Å²) in [7, 11) is -3.32. The predicted octanol–water partition coefficient (Wildman–Crippen LogP) is 1.79. The quantitative estimate of drug-likeness (QED) is 0.750. The van der Waals surface area contributed by atoms with Gasteiger partial charge in [-0.2, -0.15) is 4.31 Å². The second kappa shape index (κ2) is 5.97. The van der Waals surface area contributed by atoms with Gasteiger partial charge >= 0.3 is 0 Å². The van der Waals surface area contributed by atoms with E-state index in [0.717, 1.165) is 43.0 Å². The molecular weight excluding hydrogens is 352 g/mol. The van der Waals surface area contributed by atoms with E-state index in [1.165, 1.54) is 6.08 Å². The zero-order chi connectivity index (χ0) is 17.9. The lowest BCUT2D eigenvalue weighted by Crippen LogP contribution is -2.60. The van der Waals surface area contributed by atoms with Crippen LogP contribution in [0, 0.1) is 5.92 Å². The molecule has 2 bridgehead atoms. The molecule has 5 heterocycles. The molecule has 5 aliphatic heterocycles. The summed E-state index contributed by atoms with van der Waals surface area (Å²) in [6.45, 7) is 6.58. The highest BCUT2D eigenvalue weighted by Crippen LogP contribution is 2.48. The Morgan fingerprint density at radius 1 is 1.15 bits per heavy atom. The highest BCUT2D eigenvalue weighted by atomic mass is 32.2. The number of benzene rings is 1. The summed E-state index contributed by atoms with van der Waals surface area (Å²) >= 11 is 0. The van der Waals surface area contributed by atoms with E-state index in [9.17, 15) is 8.42 Å². The number of ether oxygens (including phenoxy) is 2. The Bertz CT molecular complexity index is 832. The fourth-order valence-corrected chi connectivity index (χ4v) is 6.91. The van der Waals surface area contributed by atoms with Crippen LogP contribution in [-0.4, -0.2) is 61.9 Å². The third-order valence-corrected chi connectivity index (χ3v) is 8.22. The highest BCUT2D eigenvalue weighted by Gasteiger charge is 2.56. The van der Waals surface area contributed by atoms with E-state index in [2.05, 4.69) is 17.5 Å². The Morgan fingerprint density at radius 3 is 2.69 bits per heavy atom. The van der Waals surface area contributed by atoms with Gasteiger partial charge < -0.3 is 9.47 Å². The Balaban J connectivity index is 1.55. The molecule has 7 heteroatoms. The summed E-state index contributed by atoms with van der Waals surface area (Å²) in [5, 5.41) is 0. The predicted molar refractivity (Wildman–Crippen MR) is 97.9 cm³/mol. The van der Waals surface area contributed by atoms with Gasteiger partial charge in [0.25, 0.3) is 0 Å². The number of hydrogen-bond donors (Lipinski definition) is 0. The van der Waals surface area contributed by atoms with Crippen LogP contribution in [0.3, 0.4) is 0 Å². The molecule has 26 heavy (non-hydrogen) atoms. The number of nitrogens with zero attached hydrogens (tertiary/aromatic N) is 2. The van der Waals surface area contributed by atoms with Crippen molar-refractivity contribution in [3.05, 3.63) is 36.4 Å². The Hall–Kier alpha value is -1.57. The first-order valence-corrected chi connectivity index (χ1v) is 10.9. The van der Waals surface area contributed by atoms with Gasteiger partial charge in [0.15, 0.2) is 11.5 Å². The minimum Gasteiger partial charge on any atom is -0.454 e. The van der Waals surface area contributed by atoms with E-state index < -0.39 is 10.0 Å². The molecule has 1 aromatic rings. The van der Waals surface area contributed by atoms with Crippen LogP contribution in [0.4, 0.5) is 0 Å². The third-order valence-electron chi connectivity index (χ3n) is 6.46. The van der Waals surface area contributed by atoms with Crippen LogP contribution in [-0.2, 0) is 10.0 Å². The van der Waals surface area contributed by atoms with Crippen molar-refractivity contribution in [1.82, 2.24) is 9.21 Å². The fraction of sp³-hybridized carbons (Fsp3) is 0.579. The van der Waals surface area contributed by atoms with Crippen LogP contribution in [0.1, 0.15) is 24.3 Å². The SMILES string of the molecule is C=CCS(=O)(=O)N1C[C@H](c2ccc3c(c2)OCO3)[C@H]2[C@@H]1C1CCN2CC1. The number of piperidine rings is 3. The molecule has 0 radical (unpaired) electrons. The maximum absolute atomic E-state index is 12.9. The summed E-state index contributed by atoms with van der Waals surface area (Å²) in [6.07, 6.45) is 3.68. The molecule has 0 spiro atoms. The van der Waals surface area contributed by atoms with Crippen molar-refractivity contribution in [2.75, 3.05) is 32.2 Å². The lowest BCUT2D eigenvalue weighted by atomic mass is 9.75. The normalized spacial score (nSPS) is 35.5. The maximum atomic E-state index is 12.9. The first-order chi connectivity index (χ1) is 12.6. The lowest BCUT2D eigenvalue weighted by Gasteiger charge is -2.51. The topological polar surface area (TPSA) is 59.1 Å². The molecule has 0 amide bonds. The molecule has 0 aliphatic carbocycles. The number of sulfonamides is 1. The van der Waals surface area contributed by atoms with E-state index in [1.54, 1.807) is 4.31 Å². The van der Waals surface area contributed by atoms with Crippen LogP contribution in [0.15, 0.2) is 30.9 Å². The number of hydrogen-bond acceptors (Lipinski definition) is 5. The minimum atomic E-state index is -3.32. The first-order valence-electron chi connectivity index (χ1n) is 9.32. The van der Waals surface area contributed by atoms with Gasteiger partial charge in [0.1, 0.15) is 0 Å². The zero-order valence-corrected chi connectivity index (χ0v) is 15.5. The molecule has 0 aromatic heterocycles. The molecule has 5 aliphatic rings. The molecule has 140 valence electrons. The van der Waals surface area contributed by atoms with Crippen LogP contribution < -0.4 is 9.47 Å². The molecule has 0 unspecified atom stereocenters. The molecule has 4 saturated heterocycles. The van der Waals surface area contributed by atoms with Gasteiger partial charge in [0, 0.05) is 24.5 Å². The molecule has 1 aromatic carbocycles. The van der Waals surface area contributed by atoms with Crippen LogP contribution >= 0.6 is 0 Å². The molecule has 6 nitrogen and oxygen atoms in total. The van der Waals surface area contributed by atoms with Gasteiger partial charge in [0.2, 0.25) is 16.8 Å². The van der Waals surface area contributed by atoms with Gasteiger partial charge in [-0.25, -0.2) is 8.42 Å². The van der Waals surface area contributed by atoms with Crippen molar-refractivity contribution in [2.24, 2.45) is 5.92 Å². The van der Waals surface area contributed by atoms with E-state index in [4.69, 9.17) is 9.47 Å². The second-order valence-electron chi connectivity index (χ2n) is 7.71. The summed E-state index contributed by atoms with van der Waals surface area (Å²) < 4.78 is 38.6. The van der Waals surface area contributed by atoms with E-state index in [1.807, 2.05) is 12.1 Å². The van der Waals surface area contributed by atoms with E-state index in [0.29, 0.717) is 12.5 Å². The van der Waals surface area contributed by atoms with Crippen molar-refractivity contribution in [1.29, 1.82) is 0 Å². The maximum Gasteiger partial charge on any atom is 0.231 e. The summed E-state index contributed by atoms with van der Waals surface area (Å²) in [4.78, 5) is 2.50. The summed E-state index contributed by atoms with van der Waals surface area (Å²) in [5.74, 6) is 2.17. The first kappa shape index (κ1) is 16.6. The monoisotopic (exact) mass is 376 g/mol. The van der Waals surface area contributed by atoms with Crippen LogP contribution in [0.25, 0.3) is 0 Å². The minimum absolute atomic E-state index is 0.0107. The molecule has 6 rings (SSSR count). The van der Waals surface area contributed by atoms with Crippen LogP contribution in [0.5, 0.6) is 11.5 Å². The van der Waals surface area contributed by atoms with Gasteiger partial charge in [-0.3, -0.25) is 4.90 Å². The Labute approximate surface area is 154 Å². The zero-order valence-electron chi connectivity index (χ0n) is 14.7. The number of rotatable bonds is 4. The fourth-order valence-electron chi connectivity index (χ4n) is 5.37.